The summed E-state index contributed by atoms with van der Waals surface area (Å²) in [5.41, 5.74) is -0.233. The number of amides is 1. The minimum atomic E-state index is -0.608. The first-order valence-electron chi connectivity index (χ1n) is 8.57. The van der Waals surface area contributed by atoms with Gasteiger partial charge in [-0.25, -0.2) is 9.18 Å². The molecule has 0 bridgehead atoms. The Bertz CT molecular complexity index is 778. The van der Waals surface area contributed by atoms with Gasteiger partial charge in [0.2, 0.25) is 5.89 Å². The number of nitrogens with zero attached hydrogens (tertiary/aromatic N) is 2. The highest BCUT2D eigenvalue weighted by Crippen LogP contribution is 2.29. The number of ether oxygens (including phenoxy) is 1. The van der Waals surface area contributed by atoms with E-state index in [4.69, 9.17) is 20.8 Å². The Balaban J connectivity index is 2.05. The summed E-state index contributed by atoms with van der Waals surface area (Å²) in [6.45, 7) is 5.37. The standard InChI is InChI=1S/C18H23ClFN3O3S2/c1-18(2,3)26-16(24)21-14(8-9-27-4)15-22-23-17(25-15)28-10-11-12(19)6-5-7-13(11)20/h5-7,14H,8-10H2,1-4H3,(H,21,24)/t14-/m0/s1. The average molecular weight is 448 g/mol. The minimum absolute atomic E-state index is 0.252. The lowest BCUT2D eigenvalue weighted by Crippen LogP contribution is -2.35. The van der Waals surface area contributed by atoms with E-state index >= 15 is 0 Å². The first kappa shape index (κ1) is 22.8. The molecule has 0 aliphatic rings. The van der Waals surface area contributed by atoms with Crippen molar-refractivity contribution in [2.45, 2.75) is 49.8 Å². The van der Waals surface area contributed by atoms with Crippen LogP contribution in [0.5, 0.6) is 0 Å². The second kappa shape index (κ2) is 10.4. The van der Waals surface area contributed by atoms with Gasteiger partial charge in [-0.1, -0.05) is 29.4 Å². The van der Waals surface area contributed by atoms with Crippen LogP contribution in [-0.2, 0) is 10.5 Å². The Labute approximate surface area is 177 Å². The molecule has 1 atom stereocenters. The Morgan fingerprint density at radius 3 is 2.79 bits per heavy atom. The van der Waals surface area contributed by atoms with Crippen LogP contribution in [0.3, 0.4) is 0 Å². The van der Waals surface area contributed by atoms with Crippen molar-refractivity contribution >= 4 is 41.2 Å². The Hall–Kier alpha value is -1.45. The molecule has 6 nitrogen and oxygen atoms in total. The van der Waals surface area contributed by atoms with E-state index in [0.717, 1.165) is 5.75 Å². The van der Waals surface area contributed by atoms with E-state index in [0.29, 0.717) is 17.0 Å². The van der Waals surface area contributed by atoms with Crippen LogP contribution in [0, 0.1) is 5.82 Å². The third-order valence-electron chi connectivity index (χ3n) is 3.42. The lowest BCUT2D eigenvalue weighted by atomic mass is 10.2. The summed E-state index contributed by atoms with van der Waals surface area (Å²) < 4.78 is 24.8. The van der Waals surface area contributed by atoms with Crippen LogP contribution in [0.15, 0.2) is 27.8 Å². The summed E-state index contributed by atoms with van der Waals surface area (Å²) in [4.78, 5) is 12.1. The van der Waals surface area contributed by atoms with Crippen molar-refractivity contribution in [2.24, 2.45) is 0 Å². The molecule has 0 aliphatic heterocycles. The zero-order chi connectivity index (χ0) is 20.7. The van der Waals surface area contributed by atoms with E-state index in [2.05, 4.69) is 15.5 Å². The number of rotatable bonds is 8. The number of hydrogen-bond donors (Lipinski definition) is 1. The Kier molecular flexibility index (Phi) is 8.45. The van der Waals surface area contributed by atoms with Crippen molar-refractivity contribution in [1.82, 2.24) is 15.5 Å². The molecule has 1 heterocycles. The van der Waals surface area contributed by atoms with E-state index in [1.54, 1.807) is 44.7 Å². The number of benzene rings is 1. The van der Waals surface area contributed by atoms with Crippen molar-refractivity contribution in [3.63, 3.8) is 0 Å². The summed E-state index contributed by atoms with van der Waals surface area (Å²) in [5, 5.41) is 11.4. The lowest BCUT2D eigenvalue weighted by molar-refractivity contribution is 0.0493. The molecule has 0 unspecified atom stereocenters. The van der Waals surface area contributed by atoms with Gasteiger partial charge in [0.05, 0.1) is 0 Å². The van der Waals surface area contributed by atoms with E-state index in [1.165, 1.54) is 17.8 Å². The molecule has 1 aromatic heterocycles. The molecule has 154 valence electrons. The van der Waals surface area contributed by atoms with E-state index in [-0.39, 0.29) is 22.7 Å². The number of aromatic nitrogens is 2. The van der Waals surface area contributed by atoms with E-state index < -0.39 is 17.7 Å². The average Bonchev–Trinajstić information content (AvgIpc) is 3.05. The number of carbonyl (C=O) groups is 1. The molecule has 0 aliphatic carbocycles. The van der Waals surface area contributed by atoms with Crippen molar-refractivity contribution in [1.29, 1.82) is 0 Å². The van der Waals surface area contributed by atoms with Gasteiger partial charge in [-0.2, -0.15) is 11.8 Å². The van der Waals surface area contributed by atoms with Gasteiger partial charge in [-0.05, 0) is 51.3 Å². The molecule has 0 spiro atoms. The fourth-order valence-corrected chi connectivity index (χ4v) is 3.75. The summed E-state index contributed by atoms with van der Waals surface area (Å²) in [6, 6.07) is 4.06. The maximum atomic E-state index is 13.9. The predicted molar refractivity (Wildman–Crippen MR) is 110 cm³/mol. The van der Waals surface area contributed by atoms with Gasteiger partial charge in [-0.3, -0.25) is 0 Å². The van der Waals surface area contributed by atoms with Gasteiger partial charge in [0.15, 0.2) is 0 Å². The SMILES string of the molecule is CSCC[C@H](NC(=O)OC(C)(C)C)c1nnc(SCc2c(F)cccc2Cl)o1. The molecule has 1 aromatic carbocycles. The van der Waals surface area contributed by atoms with Gasteiger partial charge in [0, 0.05) is 16.3 Å². The van der Waals surface area contributed by atoms with Crippen LogP contribution in [0.4, 0.5) is 9.18 Å². The fourth-order valence-electron chi connectivity index (χ4n) is 2.17. The number of nitrogens with one attached hydrogen (secondary N) is 1. The highest BCUT2D eigenvalue weighted by atomic mass is 35.5. The number of alkyl carbamates (subject to hydrolysis) is 1. The van der Waals surface area contributed by atoms with Crippen LogP contribution < -0.4 is 5.32 Å². The van der Waals surface area contributed by atoms with Crippen molar-refractivity contribution in [3.8, 4) is 0 Å². The molecule has 1 amide bonds. The zero-order valence-electron chi connectivity index (χ0n) is 16.1. The normalized spacial score (nSPS) is 12.6. The van der Waals surface area contributed by atoms with E-state index in [9.17, 15) is 9.18 Å². The molecule has 2 rings (SSSR count). The molecular formula is C18H23ClFN3O3S2. The van der Waals surface area contributed by atoms with Crippen molar-refractivity contribution < 1.29 is 18.3 Å². The van der Waals surface area contributed by atoms with Crippen LogP contribution in [0.25, 0.3) is 0 Å². The van der Waals surface area contributed by atoms with E-state index in [1.807, 2.05) is 6.26 Å². The first-order chi connectivity index (χ1) is 13.2. The molecular weight excluding hydrogens is 425 g/mol. The summed E-state index contributed by atoms with van der Waals surface area (Å²) in [6.07, 6.45) is 2.02. The predicted octanol–water partition coefficient (Wildman–Crippen LogP) is 5.47. The Morgan fingerprint density at radius 2 is 2.14 bits per heavy atom. The van der Waals surface area contributed by atoms with Crippen LogP contribution in [-0.4, -0.2) is 33.9 Å². The Morgan fingerprint density at radius 1 is 1.39 bits per heavy atom. The zero-order valence-corrected chi connectivity index (χ0v) is 18.5. The summed E-state index contributed by atoms with van der Waals surface area (Å²) in [7, 11) is 0. The molecule has 1 N–H and O–H groups in total. The lowest BCUT2D eigenvalue weighted by Gasteiger charge is -2.22. The summed E-state index contributed by atoms with van der Waals surface area (Å²) >= 11 is 8.85. The number of thioether (sulfide) groups is 2. The van der Waals surface area contributed by atoms with Gasteiger partial charge >= 0.3 is 6.09 Å². The summed E-state index contributed by atoms with van der Waals surface area (Å²) in [5.74, 6) is 0.935. The maximum Gasteiger partial charge on any atom is 0.408 e. The highest BCUT2D eigenvalue weighted by molar-refractivity contribution is 7.98. The molecule has 0 fully saturated rings. The van der Waals surface area contributed by atoms with Gasteiger partial charge in [0.25, 0.3) is 5.22 Å². The number of carbonyl (C=O) groups excluding carboxylic acids is 1. The number of hydrogen-bond acceptors (Lipinski definition) is 7. The largest absolute Gasteiger partial charge is 0.444 e. The fraction of sp³-hybridized carbons (Fsp3) is 0.500. The van der Waals surface area contributed by atoms with Gasteiger partial charge in [-0.15, -0.1) is 10.2 Å². The minimum Gasteiger partial charge on any atom is -0.444 e. The molecule has 28 heavy (non-hydrogen) atoms. The smallest absolute Gasteiger partial charge is 0.408 e. The maximum absolute atomic E-state index is 13.9. The molecule has 0 saturated heterocycles. The highest BCUT2D eigenvalue weighted by Gasteiger charge is 2.24. The molecule has 2 aromatic rings. The third-order valence-corrected chi connectivity index (χ3v) is 5.27. The van der Waals surface area contributed by atoms with Crippen molar-refractivity contribution in [3.05, 3.63) is 40.5 Å². The first-order valence-corrected chi connectivity index (χ1v) is 11.3. The van der Waals surface area contributed by atoms with Crippen LogP contribution in [0.2, 0.25) is 5.02 Å². The van der Waals surface area contributed by atoms with Gasteiger partial charge < -0.3 is 14.5 Å². The van der Waals surface area contributed by atoms with Crippen LogP contribution >= 0.6 is 35.1 Å². The third kappa shape index (κ3) is 7.18. The monoisotopic (exact) mass is 447 g/mol. The molecule has 0 saturated carbocycles. The quantitative estimate of drug-likeness (QED) is 0.537. The van der Waals surface area contributed by atoms with Crippen LogP contribution in [0.1, 0.15) is 44.7 Å². The molecule has 10 heteroatoms. The topological polar surface area (TPSA) is 77.2 Å². The second-order valence-electron chi connectivity index (χ2n) is 6.88. The second-order valence-corrected chi connectivity index (χ2v) is 9.19. The van der Waals surface area contributed by atoms with Gasteiger partial charge in [0.1, 0.15) is 17.5 Å². The van der Waals surface area contributed by atoms with Crippen molar-refractivity contribution in [2.75, 3.05) is 12.0 Å². The number of halogens is 2. The molecule has 0 radical (unpaired) electrons.